The SMILES string of the molecule is Cc1cc(C(=O)N2CCc3ccc(S(N)(=O)=O)cc32)c(C)o1. The van der Waals surface area contributed by atoms with Crippen molar-refractivity contribution in [1.82, 2.24) is 0 Å². The first-order chi connectivity index (χ1) is 10.3. The van der Waals surface area contributed by atoms with Crippen LogP contribution in [0.15, 0.2) is 33.6 Å². The Kier molecular flexibility index (Phi) is 3.34. The highest BCUT2D eigenvalue weighted by atomic mass is 32.2. The van der Waals surface area contributed by atoms with Crippen LogP contribution in [-0.2, 0) is 16.4 Å². The van der Waals surface area contributed by atoms with Crippen LogP contribution >= 0.6 is 0 Å². The van der Waals surface area contributed by atoms with Crippen molar-refractivity contribution in [2.45, 2.75) is 25.2 Å². The first kappa shape index (κ1) is 14.8. The molecule has 0 aliphatic carbocycles. The van der Waals surface area contributed by atoms with Gasteiger partial charge in [0.1, 0.15) is 11.5 Å². The second kappa shape index (κ2) is 4.96. The number of fused-ring (bicyclic) bond motifs is 1. The van der Waals surface area contributed by atoms with Gasteiger partial charge in [0.25, 0.3) is 5.91 Å². The van der Waals surface area contributed by atoms with E-state index in [0.717, 1.165) is 5.56 Å². The highest BCUT2D eigenvalue weighted by Gasteiger charge is 2.28. The smallest absolute Gasteiger partial charge is 0.261 e. The molecule has 2 N–H and O–H groups in total. The lowest BCUT2D eigenvalue weighted by Gasteiger charge is -2.17. The van der Waals surface area contributed by atoms with Crippen LogP contribution < -0.4 is 10.0 Å². The van der Waals surface area contributed by atoms with Gasteiger partial charge in [-0.15, -0.1) is 0 Å². The predicted molar refractivity (Wildman–Crippen MR) is 81.4 cm³/mol. The largest absolute Gasteiger partial charge is 0.466 e. The number of amides is 1. The molecular weight excluding hydrogens is 304 g/mol. The summed E-state index contributed by atoms with van der Waals surface area (Å²) in [5.74, 6) is 1.02. The molecule has 2 heterocycles. The average Bonchev–Trinajstić information content (AvgIpc) is 2.99. The molecule has 0 radical (unpaired) electrons. The van der Waals surface area contributed by atoms with Gasteiger partial charge in [-0.2, -0.15) is 0 Å². The molecule has 0 fully saturated rings. The van der Waals surface area contributed by atoms with Gasteiger partial charge in [-0.25, -0.2) is 13.6 Å². The van der Waals surface area contributed by atoms with E-state index in [2.05, 4.69) is 0 Å². The normalized spacial score (nSPS) is 14.2. The topological polar surface area (TPSA) is 93.6 Å². The fraction of sp³-hybridized carbons (Fsp3) is 0.267. The molecule has 2 aromatic rings. The summed E-state index contributed by atoms with van der Waals surface area (Å²) in [5, 5.41) is 5.16. The Labute approximate surface area is 128 Å². The van der Waals surface area contributed by atoms with E-state index >= 15 is 0 Å². The molecule has 0 unspecified atom stereocenters. The number of nitrogens with zero attached hydrogens (tertiary/aromatic N) is 1. The van der Waals surface area contributed by atoms with Crippen LogP contribution in [0.1, 0.15) is 27.4 Å². The van der Waals surface area contributed by atoms with Crippen molar-refractivity contribution < 1.29 is 17.6 Å². The predicted octanol–water partition coefficient (Wildman–Crippen LogP) is 1.75. The fourth-order valence-electron chi connectivity index (χ4n) is 2.74. The summed E-state index contributed by atoms with van der Waals surface area (Å²) < 4.78 is 28.4. The number of hydrogen-bond acceptors (Lipinski definition) is 4. The summed E-state index contributed by atoms with van der Waals surface area (Å²) in [5.41, 5.74) is 2.01. The van der Waals surface area contributed by atoms with Crippen molar-refractivity contribution >= 4 is 21.6 Å². The first-order valence-electron chi connectivity index (χ1n) is 6.82. The van der Waals surface area contributed by atoms with Crippen molar-refractivity contribution in [2.75, 3.05) is 11.4 Å². The second-order valence-electron chi connectivity index (χ2n) is 5.37. The van der Waals surface area contributed by atoms with Gasteiger partial charge in [0.15, 0.2) is 0 Å². The summed E-state index contributed by atoms with van der Waals surface area (Å²) >= 11 is 0. The molecule has 6 nitrogen and oxygen atoms in total. The molecule has 0 bridgehead atoms. The minimum absolute atomic E-state index is 0.00560. The van der Waals surface area contributed by atoms with Crippen molar-refractivity contribution in [1.29, 1.82) is 0 Å². The van der Waals surface area contributed by atoms with Crippen molar-refractivity contribution in [2.24, 2.45) is 5.14 Å². The molecule has 1 aliphatic rings. The maximum absolute atomic E-state index is 12.7. The molecule has 0 saturated heterocycles. The summed E-state index contributed by atoms with van der Waals surface area (Å²) in [6.07, 6.45) is 0.682. The Hall–Kier alpha value is -2.12. The number of carbonyl (C=O) groups excluding carboxylic acids is 1. The molecule has 1 aliphatic heterocycles. The number of carbonyl (C=O) groups is 1. The zero-order valence-corrected chi connectivity index (χ0v) is 13.1. The number of anilines is 1. The maximum atomic E-state index is 12.7. The summed E-state index contributed by atoms with van der Waals surface area (Å²) in [4.78, 5) is 14.3. The number of benzene rings is 1. The van der Waals surface area contributed by atoms with Gasteiger partial charge in [-0.1, -0.05) is 6.07 Å². The average molecular weight is 320 g/mol. The number of furan rings is 1. The third-order valence-electron chi connectivity index (χ3n) is 3.80. The molecule has 1 aromatic carbocycles. The molecule has 116 valence electrons. The van der Waals surface area contributed by atoms with Gasteiger partial charge in [0.2, 0.25) is 10.0 Å². The van der Waals surface area contributed by atoms with Crippen molar-refractivity contribution in [3.63, 3.8) is 0 Å². The van der Waals surface area contributed by atoms with E-state index in [1.165, 1.54) is 12.1 Å². The van der Waals surface area contributed by atoms with E-state index in [1.54, 1.807) is 30.9 Å². The van der Waals surface area contributed by atoms with E-state index in [0.29, 0.717) is 35.7 Å². The number of nitrogens with two attached hydrogens (primary N) is 1. The number of primary sulfonamides is 1. The molecule has 0 atom stereocenters. The van der Waals surface area contributed by atoms with Gasteiger partial charge in [0.05, 0.1) is 10.5 Å². The van der Waals surface area contributed by atoms with Crippen LogP contribution in [0.5, 0.6) is 0 Å². The van der Waals surface area contributed by atoms with Gasteiger partial charge in [0, 0.05) is 12.2 Å². The molecule has 0 saturated carbocycles. The lowest BCUT2D eigenvalue weighted by molar-refractivity contribution is 0.0988. The third kappa shape index (κ3) is 2.42. The summed E-state index contributed by atoms with van der Waals surface area (Å²) in [6, 6.07) is 6.32. The third-order valence-corrected chi connectivity index (χ3v) is 4.71. The van der Waals surface area contributed by atoms with Gasteiger partial charge in [-0.3, -0.25) is 4.79 Å². The highest BCUT2D eigenvalue weighted by Crippen LogP contribution is 2.32. The van der Waals surface area contributed by atoms with E-state index in [9.17, 15) is 13.2 Å². The van der Waals surface area contributed by atoms with E-state index < -0.39 is 10.0 Å². The number of aryl methyl sites for hydroxylation is 2. The summed E-state index contributed by atoms with van der Waals surface area (Å²) in [7, 11) is -3.80. The zero-order chi connectivity index (χ0) is 16.1. The first-order valence-corrected chi connectivity index (χ1v) is 8.36. The van der Waals surface area contributed by atoms with E-state index in [1.807, 2.05) is 0 Å². The second-order valence-corrected chi connectivity index (χ2v) is 6.93. The van der Waals surface area contributed by atoms with E-state index in [4.69, 9.17) is 9.56 Å². The minimum Gasteiger partial charge on any atom is -0.466 e. The molecular formula is C15H16N2O4S. The molecule has 3 rings (SSSR count). The highest BCUT2D eigenvalue weighted by molar-refractivity contribution is 7.89. The zero-order valence-electron chi connectivity index (χ0n) is 12.3. The standard InChI is InChI=1S/C15H16N2O4S/c1-9-7-13(10(2)21-9)15(18)17-6-5-11-3-4-12(8-14(11)17)22(16,19)20/h3-4,7-8H,5-6H2,1-2H3,(H2,16,19,20). The molecule has 1 aromatic heterocycles. The van der Waals surface area contributed by atoms with Crippen LogP contribution in [0.25, 0.3) is 0 Å². The van der Waals surface area contributed by atoms with E-state index in [-0.39, 0.29) is 10.8 Å². The molecule has 7 heteroatoms. The fourth-order valence-corrected chi connectivity index (χ4v) is 3.27. The van der Waals surface area contributed by atoms with Gasteiger partial charge >= 0.3 is 0 Å². The van der Waals surface area contributed by atoms with Crippen molar-refractivity contribution in [3.05, 3.63) is 46.9 Å². The Morgan fingerprint density at radius 3 is 2.59 bits per heavy atom. The summed E-state index contributed by atoms with van der Waals surface area (Å²) in [6.45, 7) is 4.02. The quantitative estimate of drug-likeness (QED) is 0.912. The monoisotopic (exact) mass is 320 g/mol. The minimum atomic E-state index is -3.80. The number of sulfonamides is 1. The Bertz CT molecular complexity index is 868. The van der Waals surface area contributed by atoms with Crippen molar-refractivity contribution in [3.8, 4) is 0 Å². The number of rotatable bonds is 2. The van der Waals surface area contributed by atoms with Crippen LogP contribution in [0.4, 0.5) is 5.69 Å². The van der Waals surface area contributed by atoms with Gasteiger partial charge < -0.3 is 9.32 Å². The Morgan fingerprint density at radius 1 is 1.27 bits per heavy atom. The maximum Gasteiger partial charge on any atom is 0.261 e. The van der Waals surface area contributed by atoms with Crippen LogP contribution in [0.3, 0.4) is 0 Å². The molecule has 22 heavy (non-hydrogen) atoms. The van der Waals surface area contributed by atoms with Crippen LogP contribution in [-0.4, -0.2) is 20.9 Å². The number of hydrogen-bond donors (Lipinski definition) is 1. The Balaban J connectivity index is 2.03. The Morgan fingerprint density at radius 2 is 2.00 bits per heavy atom. The molecule has 1 amide bonds. The lowest BCUT2D eigenvalue weighted by atomic mass is 10.1. The van der Waals surface area contributed by atoms with Crippen LogP contribution in [0, 0.1) is 13.8 Å². The van der Waals surface area contributed by atoms with Crippen LogP contribution in [0.2, 0.25) is 0 Å². The van der Waals surface area contributed by atoms with Gasteiger partial charge in [-0.05, 0) is 44.0 Å². The molecule has 0 spiro atoms. The lowest BCUT2D eigenvalue weighted by Crippen LogP contribution is -2.29.